The molecule has 0 heterocycles. The molecule has 0 aromatic heterocycles. The van der Waals surface area contributed by atoms with Gasteiger partial charge in [0.1, 0.15) is 0 Å². The Hall–Kier alpha value is -2.23. The lowest BCUT2D eigenvalue weighted by Crippen LogP contribution is -2.31. The second-order valence-electron chi connectivity index (χ2n) is 4.41. The van der Waals surface area contributed by atoms with Gasteiger partial charge in [0.15, 0.2) is 11.5 Å². The van der Waals surface area contributed by atoms with Gasteiger partial charge in [0, 0.05) is 12.1 Å². The number of carbonyl (C=O) groups is 1. The third-order valence-corrected chi connectivity index (χ3v) is 2.98. The largest absolute Gasteiger partial charge is 0.504 e. The lowest BCUT2D eigenvalue weighted by molar-refractivity contribution is -0.117. The minimum Gasteiger partial charge on any atom is -0.504 e. The molecule has 1 aliphatic rings. The Bertz CT molecular complexity index is 512. The summed E-state index contributed by atoms with van der Waals surface area (Å²) in [6.07, 6.45) is 9.05. The first-order chi connectivity index (χ1) is 9.19. The maximum atomic E-state index is 11.7. The van der Waals surface area contributed by atoms with Crippen LogP contribution in [-0.2, 0) is 4.79 Å². The predicted octanol–water partition coefficient (Wildman–Crippen LogP) is 2.25. The van der Waals surface area contributed by atoms with Crippen LogP contribution in [0.5, 0.6) is 11.5 Å². The Morgan fingerprint density at radius 1 is 1.42 bits per heavy atom. The molecule has 0 saturated carbocycles. The Kier molecular flexibility index (Phi) is 4.23. The van der Waals surface area contributed by atoms with Crippen LogP contribution in [-0.4, -0.2) is 24.2 Å². The third kappa shape index (κ3) is 3.61. The number of phenolic OH excluding ortho intramolecular Hbond substituents is 1. The zero-order valence-corrected chi connectivity index (χ0v) is 10.8. The van der Waals surface area contributed by atoms with Crippen molar-refractivity contribution in [2.75, 3.05) is 7.11 Å². The zero-order valence-electron chi connectivity index (χ0n) is 10.8. The second kappa shape index (κ2) is 6.09. The average Bonchev–Trinajstić information content (AvgIpc) is 2.89. The Balaban J connectivity index is 1.94. The van der Waals surface area contributed by atoms with Gasteiger partial charge in [0.05, 0.1) is 7.11 Å². The number of benzene rings is 1. The van der Waals surface area contributed by atoms with Crippen LogP contribution >= 0.6 is 0 Å². The summed E-state index contributed by atoms with van der Waals surface area (Å²) in [5, 5.41) is 12.5. The standard InChI is InChI=1S/C15H17NO3/c1-19-14-8-6-11(10-13(14)17)7-9-15(18)16-12-4-2-3-5-12/h2-3,6-10,12,17H,4-5H2,1H3,(H,16,18)/b9-7+. The van der Waals surface area contributed by atoms with Crippen LogP contribution in [0.1, 0.15) is 18.4 Å². The van der Waals surface area contributed by atoms with Gasteiger partial charge in [-0.1, -0.05) is 18.2 Å². The number of aromatic hydroxyl groups is 1. The molecule has 4 nitrogen and oxygen atoms in total. The molecule has 19 heavy (non-hydrogen) atoms. The van der Waals surface area contributed by atoms with Crippen LogP contribution in [0.3, 0.4) is 0 Å². The van der Waals surface area contributed by atoms with E-state index in [4.69, 9.17) is 4.74 Å². The molecule has 2 N–H and O–H groups in total. The van der Waals surface area contributed by atoms with Crippen molar-refractivity contribution in [2.45, 2.75) is 18.9 Å². The molecule has 0 bridgehead atoms. The summed E-state index contributed by atoms with van der Waals surface area (Å²) in [6.45, 7) is 0. The van der Waals surface area contributed by atoms with E-state index in [1.165, 1.54) is 13.2 Å². The number of ether oxygens (including phenoxy) is 1. The van der Waals surface area contributed by atoms with E-state index < -0.39 is 0 Å². The highest BCUT2D eigenvalue weighted by atomic mass is 16.5. The molecule has 0 radical (unpaired) electrons. The molecule has 0 atom stereocenters. The van der Waals surface area contributed by atoms with E-state index in [9.17, 15) is 9.90 Å². The fourth-order valence-corrected chi connectivity index (χ4v) is 1.97. The quantitative estimate of drug-likeness (QED) is 0.644. The van der Waals surface area contributed by atoms with Gasteiger partial charge < -0.3 is 15.2 Å². The topological polar surface area (TPSA) is 58.6 Å². The van der Waals surface area contributed by atoms with Gasteiger partial charge >= 0.3 is 0 Å². The van der Waals surface area contributed by atoms with Gasteiger partial charge in [-0.25, -0.2) is 0 Å². The third-order valence-electron chi connectivity index (χ3n) is 2.98. The molecule has 1 aliphatic carbocycles. The lowest BCUT2D eigenvalue weighted by atomic mass is 10.2. The molecule has 1 aromatic carbocycles. The number of amides is 1. The van der Waals surface area contributed by atoms with E-state index in [-0.39, 0.29) is 17.7 Å². The van der Waals surface area contributed by atoms with Crippen molar-refractivity contribution < 1.29 is 14.6 Å². The molecule has 1 amide bonds. The highest BCUT2D eigenvalue weighted by Crippen LogP contribution is 2.26. The Labute approximate surface area is 112 Å². The first kappa shape index (κ1) is 13.2. The normalized spacial score (nSPS) is 15.0. The molecule has 0 saturated heterocycles. The van der Waals surface area contributed by atoms with E-state index in [1.807, 2.05) is 0 Å². The summed E-state index contributed by atoms with van der Waals surface area (Å²) < 4.78 is 4.95. The number of hydrogen-bond donors (Lipinski definition) is 2. The van der Waals surface area contributed by atoms with Crippen LogP contribution in [0.25, 0.3) is 6.08 Å². The minimum absolute atomic E-state index is 0.0602. The molecule has 0 fully saturated rings. The maximum Gasteiger partial charge on any atom is 0.244 e. The highest BCUT2D eigenvalue weighted by molar-refractivity contribution is 5.92. The van der Waals surface area contributed by atoms with Crippen molar-refractivity contribution in [3.63, 3.8) is 0 Å². The molecule has 0 aliphatic heterocycles. The summed E-state index contributed by atoms with van der Waals surface area (Å²) >= 11 is 0. The Morgan fingerprint density at radius 2 is 2.16 bits per heavy atom. The van der Waals surface area contributed by atoms with Gasteiger partial charge in [0.25, 0.3) is 0 Å². The SMILES string of the molecule is COc1ccc(/C=C/C(=O)NC2CC=CC2)cc1O. The van der Waals surface area contributed by atoms with E-state index in [2.05, 4.69) is 17.5 Å². The van der Waals surface area contributed by atoms with Crippen LogP contribution in [0.2, 0.25) is 0 Å². The maximum absolute atomic E-state index is 11.7. The summed E-state index contributed by atoms with van der Waals surface area (Å²) in [5.74, 6) is 0.354. The van der Waals surface area contributed by atoms with Crippen molar-refractivity contribution in [1.82, 2.24) is 5.32 Å². The smallest absolute Gasteiger partial charge is 0.244 e. The Morgan fingerprint density at radius 3 is 2.79 bits per heavy atom. The van der Waals surface area contributed by atoms with Gasteiger partial charge in [0.2, 0.25) is 5.91 Å². The van der Waals surface area contributed by atoms with Crippen molar-refractivity contribution in [3.8, 4) is 11.5 Å². The summed E-state index contributed by atoms with van der Waals surface area (Å²) in [7, 11) is 1.49. The first-order valence-corrected chi connectivity index (χ1v) is 6.19. The van der Waals surface area contributed by atoms with Gasteiger partial charge in [-0.2, -0.15) is 0 Å². The number of phenols is 1. The molecular formula is C15H17NO3. The molecule has 4 heteroatoms. The first-order valence-electron chi connectivity index (χ1n) is 6.19. The number of rotatable bonds is 4. The van der Waals surface area contributed by atoms with E-state index in [0.29, 0.717) is 5.75 Å². The molecular weight excluding hydrogens is 242 g/mol. The highest BCUT2D eigenvalue weighted by Gasteiger charge is 2.11. The summed E-state index contributed by atoms with van der Waals surface area (Å²) in [6, 6.07) is 5.20. The van der Waals surface area contributed by atoms with Crippen molar-refractivity contribution in [2.24, 2.45) is 0 Å². The average molecular weight is 259 g/mol. The van der Waals surface area contributed by atoms with Crippen molar-refractivity contribution in [1.29, 1.82) is 0 Å². The number of carbonyl (C=O) groups excluding carboxylic acids is 1. The summed E-state index contributed by atoms with van der Waals surface area (Å²) in [5.41, 5.74) is 0.748. The molecule has 2 rings (SSSR count). The lowest BCUT2D eigenvalue weighted by Gasteiger charge is -2.09. The van der Waals surface area contributed by atoms with E-state index >= 15 is 0 Å². The van der Waals surface area contributed by atoms with E-state index in [1.54, 1.807) is 24.3 Å². The fourth-order valence-electron chi connectivity index (χ4n) is 1.97. The van der Waals surface area contributed by atoms with Gasteiger partial charge in [-0.15, -0.1) is 0 Å². The fraction of sp³-hybridized carbons (Fsp3) is 0.267. The summed E-state index contributed by atoms with van der Waals surface area (Å²) in [4.78, 5) is 11.7. The predicted molar refractivity (Wildman–Crippen MR) is 74.0 cm³/mol. The number of hydrogen-bond acceptors (Lipinski definition) is 3. The van der Waals surface area contributed by atoms with Crippen LogP contribution in [0.15, 0.2) is 36.4 Å². The van der Waals surface area contributed by atoms with Gasteiger partial charge in [-0.3, -0.25) is 4.79 Å². The van der Waals surface area contributed by atoms with Crippen LogP contribution < -0.4 is 10.1 Å². The molecule has 100 valence electrons. The molecule has 1 aromatic rings. The minimum atomic E-state index is -0.121. The van der Waals surface area contributed by atoms with Crippen molar-refractivity contribution in [3.05, 3.63) is 42.0 Å². The van der Waals surface area contributed by atoms with Crippen LogP contribution in [0, 0.1) is 0 Å². The monoisotopic (exact) mass is 259 g/mol. The zero-order chi connectivity index (χ0) is 13.7. The second-order valence-corrected chi connectivity index (χ2v) is 4.41. The molecule has 0 unspecified atom stereocenters. The van der Waals surface area contributed by atoms with Crippen molar-refractivity contribution >= 4 is 12.0 Å². The number of nitrogens with one attached hydrogen (secondary N) is 1. The molecule has 0 spiro atoms. The van der Waals surface area contributed by atoms with Crippen LogP contribution in [0.4, 0.5) is 0 Å². The van der Waals surface area contributed by atoms with Gasteiger partial charge in [-0.05, 0) is 36.6 Å². The number of methoxy groups -OCH3 is 1. The van der Waals surface area contributed by atoms with E-state index in [0.717, 1.165) is 18.4 Å².